The molecule has 220 valence electrons. The Morgan fingerprint density at radius 1 is 0.512 bits per heavy atom. The number of hydrogen-bond donors (Lipinski definition) is 1. The minimum atomic E-state index is 0. The van der Waals surface area contributed by atoms with Gasteiger partial charge in [0.15, 0.2) is 0 Å². The van der Waals surface area contributed by atoms with E-state index in [0.29, 0.717) is 5.75 Å². The van der Waals surface area contributed by atoms with E-state index in [2.05, 4.69) is 31.9 Å². The van der Waals surface area contributed by atoms with Gasteiger partial charge in [-0.1, -0.05) is 74.5 Å². The summed E-state index contributed by atoms with van der Waals surface area (Å²) in [6.07, 6.45) is 0. The van der Waals surface area contributed by atoms with E-state index in [4.69, 9.17) is 35.0 Å². The molecule has 4 rings (SSSR count). The molecule has 0 saturated carbocycles. The van der Waals surface area contributed by atoms with Crippen molar-refractivity contribution < 1.29 is 58.4 Å². The molecule has 0 aliphatic rings. The van der Waals surface area contributed by atoms with Crippen molar-refractivity contribution in [2.45, 2.75) is 7.43 Å². The second-order valence-electron chi connectivity index (χ2n) is 6.68. The van der Waals surface area contributed by atoms with Crippen LogP contribution in [0.25, 0.3) is 0 Å². The molecular formula is C28H35B2Br2F4LiO4. The van der Waals surface area contributed by atoms with Crippen LogP contribution in [0.1, 0.15) is 8.85 Å². The summed E-state index contributed by atoms with van der Waals surface area (Å²) >= 11 is 6.55. The van der Waals surface area contributed by atoms with Crippen LogP contribution in [0.5, 0.6) is 23.0 Å². The van der Waals surface area contributed by atoms with Gasteiger partial charge in [-0.25, -0.2) is 0 Å². The van der Waals surface area contributed by atoms with Crippen molar-refractivity contribution in [1.29, 1.82) is 0 Å². The van der Waals surface area contributed by atoms with Crippen molar-refractivity contribution >= 4 is 58.5 Å². The number of methoxy groups -OCH3 is 3. The maximum atomic E-state index is 8.74. The zero-order valence-corrected chi connectivity index (χ0v) is 25.6. The Bertz CT molecular complexity index is 978. The third kappa shape index (κ3) is 25.0. The SMILES string of the molecule is C.COc1ccc(Br)cc1.F.F.F.F.Oc1ccc(Br)cc1.[B]c1ccc(OC)cc1.[B]c1ccc(OC)cc1.[H-].[Li+]. The van der Waals surface area contributed by atoms with Crippen LogP contribution < -0.4 is 44.0 Å². The molecule has 0 fully saturated rings. The number of phenols is 1. The summed E-state index contributed by atoms with van der Waals surface area (Å²) in [4.78, 5) is 0. The number of aromatic hydroxyl groups is 1. The van der Waals surface area contributed by atoms with Crippen molar-refractivity contribution in [3.63, 3.8) is 0 Å². The molecule has 0 unspecified atom stereocenters. The topological polar surface area (TPSA) is 47.9 Å². The Morgan fingerprint density at radius 2 is 0.732 bits per heavy atom. The van der Waals surface area contributed by atoms with Crippen LogP contribution in [0.4, 0.5) is 18.8 Å². The molecule has 1 N–H and O–H groups in total. The van der Waals surface area contributed by atoms with Crippen LogP contribution in [0.15, 0.2) is 106 Å². The van der Waals surface area contributed by atoms with Crippen LogP contribution in [-0.4, -0.2) is 42.1 Å². The number of phenolic OH excluding ortho intramolecular Hbond substituents is 1. The Morgan fingerprint density at radius 3 is 0.951 bits per heavy atom. The van der Waals surface area contributed by atoms with Crippen molar-refractivity contribution in [2.75, 3.05) is 21.3 Å². The Hall–Kier alpha value is -2.51. The molecule has 0 aromatic heterocycles. The van der Waals surface area contributed by atoms with E-state index < -0.39 is 0 Å². The molecule has 0 aliphatic heterocycles. The van der Waals surface area contributed by atoms with Gasteiger partial charge in [-0.05, 0) is 72.8 Å². The largest absolute Gasteiger partial charge is 1.00 e. The normalized spacial score (nSPS) is 7.73. The van der Waals surface area contributed by atoms with Crippen molar-refractivity contribution in [3.05, 3.63) is 106 Å². The van der Waals surface area contributed by atoms with Crippen molar-refractivity contribution in [2.24, 2.45) is 0 Å². The molecule has 4 nitrogen and oxygen atoms in total. The second kappa shape index (κ2) is 30.4. The fraction of sp³-hybridized carbons (Fsp3) is 0.143. The van der Waals surface area contributed by atoms with Crippen LogP contribution in [-0.2, 0) is 0 Å². The summed E-state index contributed by atoms with van der Waals surface area (Å²) in [5.74, 6) is 2.86. The molecule has 0 spiro atoms. The molecule has 4 aromatic carbocycles. The van der Waals surface area contributed by atoms with Gasteiger partial charge in [0.05, 0.1) is 21.3 Å². The van der Waals surface area contributed by atoms with Gasteiger partial charge < -0.3 is 20.7 Å². The van der Waals surface area contributed by atoms with Gasteiger partial charge in [0.1, 0.15) is 38.7 Å². The minimum Gasteiger partial charge on any atom is -1.00 e. The van der Waals surface area contributed by atoms with Crippen molar-refractivity contribution in [1.82, 2.24) is 0 Å². The predicted octanol–water partition coefficient (Wildman–Crippen LogP) is 3.95. The van der Waals surface area contributed by atoms with Gasteiger partial charge in [0.25, 0.3) is 0 Å². The molecule has 4 aromatic rings. The summed E-state index contributed by atoms with van der Waals surface area (Å²) in [6, 6.07) is 29.1. The third-order valence-corrected chi connectivity index (χ3v) is 5.16. The summed E-state index contributed by atoms with van der Waals surface area (Å²) in [5.41, 5.74) is 1.52. The van der Waals surface area contributed by atoms with Crippen LogP contribution in [0.2, 0.25) is 0 Å². The van der Waals surface area contributed by atoms with E-state index in [1.165, 1.54) is 0 Å². The zero-order chi connectivity index (χ0) is 26.1. The molecule has 0 saturated heterocycles. The van der Waals surface area contributed by atoms with Crippen molar-refractivity contribution in [3.8, 4) is 23.0 Å². The summed E-state index contributed by atoms with van der Waals surface area (Å²) in [5, 5.41) is 8.74. The third-order valence-electron chi connectivity index (χ3n) is 4.11. The fourth-order valence-electron chi connectivity index (χ4n) is 2.22. The van der Waals surface area contributed by atoms with Crippen LogP contribution in [0.3, 0.4) is 0 Å². The number of halogens is 6. The van der Waals surface area contributed by atoms with Gasteiger partial charge in [-0.2, -0.15) is 0 Å². The molecule has 13 heteroatoms. The van der Waals surface area contributed by atoms with Gasteiger partial charge in [-0.3, -0.25) is 18.8 Å². The van der Waals surface area contributed by atoms with Gasteiger partial charge >= 0.3 is 18.9 Å². The molecule has 0 atom stereocenters. The molecule has 0 heterocycles. The summed E-state index contributed by atoms with van der Waals surface area (Å²) < 4.78 is 16.8. The predicted molar refractivity (Wildman–Crippen MR) is 171 cm³/mol. The van der Waals surface area contributed by atoms with E-state index in [-0.39, 0.29) is 46.5 Å². The van der Waals surface area contributed by atoms with Gasteiger partial charge in [0, 0.05) is 8.95 Å². The standard InChI is InChI=1S/2C7H7BO.C7H7BrO.C6H5BrO.CH4.4FH.Li.H/c3*1-9-7-4-2-6(8)3-5-7;7-5-1-3-6(8)4-2-5;;;;;;;/h3*2-5H,1H3;1-4,8H;1H4;4*1H;;/q;;;;;;;;;+1;-1. The maximum Gasteiger partial charge on any atom is 1.00 e. The average Bonchev–Trinajstić information content (AvgIpc) is 2.88. The fourth-order valence-corrected chi connectivity index (χ4v) is 2.75. The quantitative estimate of drug-likeness (QED) is 0.260. The summed E-state index contributed by atoms with van der Waals surface area (Å²) in [6.45, 7) is 0. The van der Waals surface area contributed by atoms with Crippen LogP contribution >= 0.6 is 31.9 Å². The first-order valence-electron chi connectivity index (χ1n) is 10.3. The Labute approximate surface area is 273 Å². The molecule has 0 bridgehead atoms. The summed E-state index contributed by atoms with van der Waals surface area (Å²) in [7, 11) is 15.8. The van der Waals surface area contributed by atoms with E-state index in [0.717, 1.165) is 37.1 Å². The minimum absolute atomic E-state index is 0. The molecule has 4 radical (unpaired) electrons. The van der Waals surface area contributed by atoms with E-state index in [9.17, 15) is 0 Å². The van der Waals surface area contributed by atoms with E-state index >= 15 is 0 Å². The van der Waals surface area contributed by atoms with E-state index in [1.54, 1.807) is 69.9 Å². The molecule has 41 heavy (non-hydrogen) atoms. The Balaban J connectivity index is -0.0000000737. The number of benzene rings is 4. The molecular weight excluding hydrogens is 665 g/mol. The Kier molecular flexibility index (Phi) is 38.1. The molecule has 0 aliphatic carbocycles. The number of rotatable bonds is 3. The van der Waals surface area contributed by atoms with Gasteiger partial charge in [-0.15, -0.1) is 0 Å². The van der Waals surface area contributed by atoms with Crippen LogP contribution in [0, 0.1) is 0 Å². The zero-order valence-electron chi connectivity index (χ0n) is 23.5. The van der Waals surface area contributed by atoms with E-state index in [1.807, 2.05) is 48.5 Å². The number of ether oxygens (including phenoxy) is 3. The average molecular weight is 700 g/mol. The van der Waals surface area contributed by atoms with Gasteiger partial charge in [0.2, 0.25) is 0 Å². The maximum absolute atomic E-state index is 8.74. The number of hydrogen-bond acceptors (Lipinski definition) is 4. The first-order valence-corrected chi connectivity index (χ1v) is 11.9. The first kappa shape index (κ1) is 51.2. The monoisotopic (exact) mass is 698 g/mol. The smallest absolute Gasteiger partial charge is 1.00 e. The first-order chi connectivity index (χ1) is 16.8. The molecule has 0 amide bonds. The second-order valence-corrected chi connectivity index (χ2v) is 8.51.